The van der Waals surface area contributed by atoms with E-state index in [1.165, 1.54) is 0 Å². The van der Waals surface area contributed by atoms with Crippen molar-refractivity contribution >= 4 is 36.6 Å². The Hall–Kier alpha value is -0.700. The van der Waals surface area contributed by atoms with Crippen LogP contribution in [0.5, 0.6) is 0 Å². The zero-order chi connectivity index (χ0) is 15.8. The molecule has 10 heteroatoms. The molecule has 0 spiro atoms. The summed E-state index contributed by atoms with van der Waals surface area (Å²) in [7, 11) is 0. The van der Waals surface area contributed by atoms with E-state index in [1.807, 2.05) is 4.90 Å². The van der Waals surface area contributed by atoms with Gasteiger partial charge in [-0.1, -0.05) is 0 Å². The number of amides is 2. The van der Waals surface area contributed by atoms with Crippen LogP contribution in [0.1, 0.15) is 20.3 Å². The lowest BCUT2D eigenvalue weighted by molar-refractivity contribution is -0.138. The molecule has 6 nitrogen and oxygen atoms in total. The molecule has 3 N–H and O–H groups in total. The highest BCUT2D eigenvalue weighted by Gasteiger charge is 2.44. The molecule has 0 aromatic carbocycles. The summed E-state index contributed by atoms with van der Waals surface area (Å²) in [5.41, 5.74) is 4.60. The quantitative estimate of drug-likeness (QED) is 0.739. The number of carbonyl (C=O) groups excluding carboxylic acids is 2. The van der Waals surface area contributed by atoms with Gasteiger partial charge in [-0.05, 0) is 13.8 Å². The van der Waals surface area contributed by atoms with E-state index in [4.69, 9.17) is 5.73 Å². The number of nitrogens with two attached hydrogens (primary N) is 1. The van der Waals surface area contributed by atoms with E-state index in [2.05, 4.69) is 5.32 Å². The number of halogens is 4. The van der Waals surface area contributed by atoms with Crippen LogP contribution in [-0.2, 0) is 9.59 Å². The average molecular weight is 377 g/mol. The minimum Gasteiger partial charge on any atom is -0.368 e. The molecular formula is C13H24Cl2F2N4O2. The molecule has 136 valence electrons. The largest absolute Gasteiger partial charge is 0.368 e. The van der Waals surface area contributed by atoms with Crippen LogP contribution in [0.3, 0.4) is 0 Å². The summed E-state index contributed by atoms with van der Waals surface area (Å²) < 4.78 is 26.3. The fourth-order valence-corrected chi connectivity index (χ4v) is 2.75. The number of carbonyl (C=O) groups is 2. The zero-order valence-electron chi connectivity index (χ0n) is 13.2. The van der Waals surface area contributed by atoms with Crippen molar-refractivity contribution in [3.63, 3.8) is 0 Å². The smallest absolute Gasteiger partial charge is 0.262 e. The van der Waals surface area contributed by atoms with E-state index in [9.17, 15) is 18.4 Å². The van der Waals surface area contributed by atoms with Crippen molar-refractivity contribution in [2.24, 2.45) is 5.73 Å². The molecule has 0 saturated carbocycles. The van der Waals surface area contributed by atoms with Crippen LogP contribution in [0.2, 0.25) is 0 Å². The number of alkyl halides is 2. The van der Waals surface area contributed by atoms with Gasteiger partial charge in [0.2, 0.25) is 11.8 Å². The Morgan fingerprint density at radius 3 is 2.09 bits per heavy atom. The van der Waals surface area contributed by atoms with E-state index in [0.717, 1.165) is 0 Å². The van der Waals surface area contributed by atoms with Crippen LogP contribution in [0.15, 0.2) is 0 Å². The predicted octanol–water partition coefficient (Wildman–Crippen LogP) is 0.235. The van der Waals surface area contributed by atoms with Gasteiger partial charge in [-0.2, -0.15) is 0 Å². The van der Waals surface area contributed by atoms with Crippen LogP contribution in [-0.4, -0.2) is 71.8 Å². The van der Waals surface area contributed by atoms with Gasteiger partial charge in [-0.25, -0.2) is 8.78 Å². The third-order valence-corrected chi connectivity index (χ3v) is 4.39. The number of nitrogens with zero attached hydrogens (tertiary/aromatic N) is 2. The van der Waals surface area contributed by atoms with Gasteiger partial charge < -0.3 is 10.6 Å². The SMILES string of the molecule is CC(C)(C(N)=O)N1CCN(C(=O)C2CC(F)(F)CN2)CC1.Cl.Cl. The number of nitrogens with one attached hydrogen (secondary N) is 1. The number of piperazine rings is 1. The van der Waals surface area contributed by atoms with E-state index >= 15 is 0 Å². The fourth-order valence-electron chi connectivity index (χ4n) is 2.75. The summed E-state index contributed by atoms with van der Waals surface area (Å²) >= 11 is 0. The number of rotatable bonds is 3. The van der Waals surface area contributed by atoms with Gasteiger partial charge in [0, 0.05) is 32.6 Å². The molecule has 2 aliphatic rings. The summed E-state index contributed by atoms with van der Waals surface area (Å²) in [4.78, 5) is 27.1. The van der Waals surface area contributed by atoms with Crippen molar-refractivity contribution in [3.05, 3.63) is 0 Å². The molecule has 0 aromatic heterocycles. The highest BCUT2D eigenvalue weighted by Crippen LogP contribution is 2.26. The highest BCUT2D eigenvalue weighted by atomic mass is 35.5. The van der Waals surface area contributed by atoms with E-state index < -0.39 is 36.4 Å². The molecule has 1 unspecified atom stereocenters. The first-order valence-corrected chi connectivity index (χ1v) is 7.08. The number of primary amides is 1. The Labute approximate surface area is 146 Å². The first kappa shape index (κ1) is 22.3. The van der Waals surface area contributed by atoms with Gasteiger partial charge in [0.1, 0.15) is 0 Å². The van der Waals surface area contributed by atoms with Gasteiger partial charge in [-0.15, -0.1) is 24.8 Å². The molecule has 0 aromatic rings. The van der Waals surface area contributed by atoms with Crippen LogP contribution < -0.4 is 11.1 Å². The molecule has 0 aliphatic carbocycles. The Morgan fingerprint density at radius 2 is 1.70 bits per heavy atom. The van der Waals surface area contributed by atoms with Crippen molar-refractivity contribution in [3.8, 4) is 0 Å². The monoisotopic (exact) mass is 376 g/mol. The predicted molar refractivity (Wildman–Crippen MR) is 87.3 cm³/mol. The molecule has 1 atom stereocenters. The molecular weight excluding hydrogens is 353 g/mol. The Balaban J connectivity index is 0.00000242. The maximum Gasteiger partial charge on any atom is 0.262 e. The lowest BCUT2D eigenvalue weighted by Crippen LogP contribution is -2.61. The third kappa shape index (κ3) is 4.89. The van der Waals surface area contributed by atoms with E-state index in [0.29, 0.717) is 26.2 Å². The van der Waals surface area contributed by atoms with Gasteiger partial charge in [0.05, 0.1) is 18.1 Å². The second kappa shape index (κ2) is 7.92. The summed E-state index contributed by atoms with van der Waals surface area (Å²) in [6.07, 6.45) is -0.446. The van der Waals surface area contributed by atoms with Gasteiger partial charge in [-0.3, -0.25) is 19.8 Å². The van der Waals surface area contributed by atoms with Crippen LogP contribution in [0.25, 0.3) is 0 Å². The first-order valence-electron chi connectivity index (χ1n) is 7.08. The van der Waals surface area contributed by atoms with E-state index in [-0.39, 0.29) is 30.7 Å². The molecule has 2 saturated heterocycles. The Bertz CT molecular complexity index is 444. The van der Waals surface area contributed by atoms with Crippen molar-refractivity contribution in [2.75, 3.05) is 32.7 Å². The molecule has 2 fully saturated rings. The lowest BCUT2D eigenvalue weighted by atomic mass is 10.0. The highest BCUT2D eigenvalue weighted by molar-refractivity contribution is 5.86. The topological polar surface area (TPSA) is 78.7 Å². The van der Waals surface area contributed by atoms with Crippen LogP contribution in [0, 0.1) is 0 Å². The zero-order valence-corrected chi connectivity index (χ0v) is 14.8. The van der Waals surface area contributed by atoms with Crippen molar-refractivity contribution in [1.29, 1.82) is 0 Å². The van der Waals surface area contributed by atoms with Gasteiger partial charge in [0.15, 0.2) is 0 Å². The molecule has 2 aliphatic heterocycles. The number of hydrogen-bond acceptors (Lipinski definition) is 4. The summed E-state index contributed by atoms with van der Waals surface area (Å²) in [6.45, 7) is 4.88. The third-order valence-electron chi connectivity index (χ3n) is 4.39. The summed E-state index contributed by atoms with van der Waals surface area (Å²) in [5.74, 6) is -3.51. The Morgan fingerprint density at radius 1 is 1.17 bits per heavy atom. The minimum atomic E-state index is -2.81. The molecule has 0 radical (unpaired) electrons. The van der Waals surface area contributed by atoms with Crippen molar-refractivity contribution < 1.29 is 18.4 Å². The first-order chi connectivity index (χ1) is 9.63. The van der Waals surface area contributed by atoms with Gasteiger partial charge in [0.25, 0.3) is 5.92 Å². The van der Waals surface area contributed by atoms with Crippen molar-refractivity contribution in [2.45, 2.75) is 37.8 Å². The second-order valence-corrected chi connectivity index (χ2v) is 6.23. The van der Waals surface area contributed by atoms with Gasteiger partial charge >= 0.3 is 0 Å². The normalized spacial score (nSPS) is 24.5. The standard InChI is InChI=1S/C13H22F2N4O2.2ClH/c1-12(2,11(16)21)19-5-3-18(4-6-19)10(20)9-7-13(14,15)8-17-9;;/h9,17H,3-8H2,1-2H3,(H2,16,21);2*1H. The molecule has 2 rings (SSSR count). The van der Waals surface area contributed by atoms with E-state index in [1.54, 1.807) is 18.7 Å². The van der Waals surface area contributed by atoms with Crippen molar-refractivity contribution in [1.82, 2.24) is 15.1 Å². The van der Waals surface area contributed by atoms with Crippen LogP contribution >= 0.6 is 24.8 Å². The average Bonchev–Trinajstić information content (AvgIpc) is 2.78. The fraction of sp³-hybridized carbons (Fsp3) is 0.846. The number of hydrogen-bond donors (Lipinski definition) is 2. The maximum atomic E-state index is 13.1. The maximum absolute atomic E-state index is 13.1. The summed E-state index contributed by atoms with van der Waals surface area (Å²) in [5, 5.41) is 2.57. The molecule has 0 bridgehead atoms. The molecule has 2 amide bonds. The van der Waals surface area contributed by atoms with Crippen LogP contribution in [0.4, 0.5) is 8.78 Å². The second-order valence-electron chi connectivity index (χ2n) is 6.23. The Kier molecular flexibility index (Phi) is 7.67. The molecule has 23 heavy (non-hydrogen) atoms. The summed E-state index contributed by atoms with van der Waals surface area (Å²) in [6, 6.07) is -0.810. The minimum absolute atomic E-state index is 0. The lowest BCUT2D eigenvalue weighted by Gasteiger charge is -2.42. The molecule has 2 heterocycles.